The number of phenolic OH excluding ortho intramolecular Hbond substituents is 1. The van der Waals surface area contributed by atoms with Gasteiger partial charge in [-0.2, -0.15) is 0 Å². The first-order valence-electron chi connectivity index (χ1n) is 6.83. The molecule has 2 N–H and O–H groups in total. The number of benzene rings is 1. The molecule has 0 spiro atoms. The van der Waals surface area contributed by atoms with E-state index in [1.54, 1.807) is 24.0 Å². The molecule has 108 valence electrons. The van der Waals surface area contributed by atoms with Crippen LogP contribution in [-0.4, -0.2) is 41.0 Å². The van der Waals surface area contributed by atoms with Gasteiger partial charge in [0.1, 0.15) is 5.75 Å². The summed E-state index contributed by atoms with van der Waals surface area (Å²) in [4.78, 5) is 25.1. The van der Waals surface area contributed by atoms with Gasteiger partial charge in [0.2, 0.25) is 5.91 Å². The number of phenols is 1. The van der Waals surface area contributed by atoms with Crippen LogP contribution in [0.2, 0.25) is 0 Å². The van der Waals surface area contributed by atoms with Gasteiger partial charge in [0.25, 0.3) is 5.91 Å². The number of nitrogens with zero attached hydrogens (tertiary/aromatic N) is 1. The molecule has 1 aromatic carbocycles. The summed E-state index contributed by atoms with van der Waals surface area (Å²) in [5.74, 6) is 0.0452. The highest BCUT2D eigenvalue weighted by molar-refractivity contribution is 5.94. The van der Waals surface area contributed by atoms with Crippen LogP contribution in [0.4, 0.5) is 0 Å². The summed E-state index contributed by atoms with van der Waals surface area (Å²) in [7, 11) is 0. The molecule has 0 bridgehead atoms. The fourth-order valence-corrected chi connectivity index (χ4v) is 2.44. The predicted molar refractivity (Wildman–Crippen MR) is 75.6 cm³/mol. The van der Waals surface area contributed by atoms with E-state index < -0.39 is 0 Å². The van der Waals surface area contributed by atoms with Gasteiger partial charge in [0, 0.05) is 31.6 Å². The zero-order valence-electron chi connectivity index (χ0n) is 11.8. The molecule has 0 saturated carbocycles. The van der Waals surface area contributed by atoms with Gasteiger partial charge in [0.05, 0.1) is 0 Å². The summed E-state index contributed by atoms with van der Waals surface area (Å²) >= 11 is 0. The number of piperidine rings is 1. The maximum Gasteiger partial charge on any atom is 0.253 e. The van der Waals surface area contributed by atoms with Crippen molar-refractivity contribution in [3.05, 3.63) is 29.3 Å². The van der Waals surface area contributed by atoms with E-state index in [0.717, 1.165) is 18.4 Å². The lowest BCUT2D eigenvalue weighted by molar-refractivity contribution is -0.119. The van der Waals surface area contributed by atoms with Gasteiger partial charge in [-0.05, 0) is 37.5 Å². The fourth-order valence-electron chi connectivity index (χ4n) is 2.44. The maximum absolute atomic E-state index is 12.3. The van der Waals surface area contributed by atoms with Crippen molar-refractivity contribution in [2.45, 2.75) is 32.7 Å². The monoisotopic (exact) mass is 276 g/mol. The Morgan fingerprint density at radius 2 is 1.95 bits per heavy atom. The Kier molecular flexibility index (Phi) is 4.27. The van der Waals surface area contributed by atoms with E-state index in [2.05, 4.69) is 5.32 Å². The molecule has 1 aliphatic rings. The van der Waals surface area contributed by atoms with Crippen molar-refractivity contribution >= 4 is 11.8 Å². The second-order valence-electron chi connectivity index (χ2n) is 5.27. The van der Waals surface area contributed by atoms with Crippen molar-refractivity contribution in [3.8, 4) is 5.75 Å². The molecular weight excluding hydrogens is 256 g/mol. The number of likely N-dealkylation sites (tertiary alicyclic amines) is 1. The number of amides is 2. The number of hydrogen-bond acceptors (Lipinski definition) is 3. The van der Waals surface area contributed by atoms with Crippen LogP contribution in [0, 0.1) is 6.92 Å². The SMILES string of the molecule is CC(=O)NC1CCN(C(=O)c2ccc(C)c(O)c2)CC1. The van der Waals surface area contributed by atoms with E-state index in [1.165, 1.54) is 13.0 Å². The quantitative estimate of drug-likeness (QED) is 0.858. The third-order valence-corrected chi connectivity index (χ3v) is 3.65. The van der Waals surface area contributed by atoms with E-state index in [4.69, 9.17) is 0 Å². The van der Waals surface area contributed by atoms with Crippen LogP contribution in [0.15, 0.2) is 18.2 Å². The van der Waals surface area contributed by atoms with Crippen molar-refractivity contribution in [1.29, 1.82) is 0 Å². The van der Waals surface area contributed by atoms with Crippen LogP contribution in [0.1, 0.15) is 35.7 Å². The number of hydrogen-bond donors (Lipinski definition) is 2. The normalized spacial score (nSPS) is 16.0. The van der Waals surface area contributed by atoms with Crippen molar-refractivity contribution < 1.29 is 14.7 Å². The molecule has 1 heterocycles. The average molecular weight is 276 g/mol. The van der Waals surface area contributed by atoms with E-state index in [9.17, 15) is 14.7 Å². The molecular formula is C15H20N2O3. The molecule has 1 aromatic rings. The Hall–Kier alpha value is -2.04. The molecule has 2 amide bonds. The Morgan fingerprint density at radius 1 is 1.30 bits per heavy atom. The van der Waals surface area contributed by atoms with Crippen LogP contribution in [0.5, 0.6) is 5.75 Å². The summed E-state index contributed by atoms with van der Waals surface area (Å²) in [5, 5.41) is 12.6. The van der Waals surface area contributed by atoms with Crippen molar-refractivity contribution in [2.75, 3.05) is 13.1 Å². The largest absolute Gasteiger partial charge is 0.508 e. The summed E-state index contributed by atoms with van der Waals surface area (Å²) < 4.78 is 0. The van der Waals surface area contributed by atoms with Crippen LogP contribution in [-0.2, 0) is 4.79 Å². The minimum absolute atomic E-state index is 0.0294. The molecule has 5 heteroatoms. The maximum atomic E-state index is 12.3. The minimum atomic E-state index is -0.0680. The summed E-state index contributed by atoms with van der Waals surface area (Å²) in [5.41, 5.74) is 1.26. The van der Waals surface area contributed by atoms with E-state index in [0.29, 0.717) is 18.7 Å². The first-order chi connectivity index (χ1) is 9.47. The summed E-state index contributed by atoms with van der Waals surface area (Å²) in [6.45, 7) is 4.55. The molecule has 20 heavy (non-hydrogen) atoms. The van der Waals surface area contributed by atoms with Crippen molar-refractivity contribution in [2.24, 2.45) is 0 Å². The summed E-state index contributed by atoms with van der Waals surface area (Å²) in [6, 6.07) is 5.14. The van der Waals surface area contributed by atoms with Crippen LogP contribution in [0.3, 0.4) is 0 Å². The smallest absolute Gasteiger partial charge is 0.253 e. The molecule has 2 rings (SSSR count). The Morgan fingerprint density at radius 3 is 2.50 bits per heavy atom. The van der Waals surface area contributed by atoms with Crippen molar-refractivity contribution in [3.63, 3.8) is 0 Å². The van der Waals surface area contributed by atoms with Gasteiger partial charge >= 0.3 is 0 Å². The fraction of sp³-hybridized carbons (Fsp3) is 0.467. The lowest BCUT2D eigenvalue weighted by Gasteiger charge is -2.32. The number of aromatic hydroxyl groups is 1. The summed E-state index contributed by atoms with van der Waals surface area (Å²) in [6.07, 6.45) is 1.53. The molecule has 0 unspecified atom stereocenters. The molecule has 0 atom stereocenters. The number of rotatable bonds is 2. The average Bonchev–Trinajstić information content (AvgIpc) is 2.41. The van der Waals surface area contributed by atoms with Crippen LogP contribution >= 0.6 is 0 Å². The Bertz CT molecular complexity index is 520. The molecule has 1 saturated heterocycles. The minimum Gasteiger partial charge on any atom is -0.508 e. The topological polar surface area (TPSA) is 69.6 Å². The highest BCUT2D eigenvalue weighted by atomic mass is 16.3. The van der Waals surface area contributed by atoms with Gasteiger partial charge in [-0.15, -0.1) is 0 Å². The highest BCUT2D eigenvalue weighted by Crippen LogP contribution is 2.20. The van der Waals surface area contributed by atoms with Gasteiger partial charge in [-0.25, -0.2) is 0 Å². The highest BCUT2D eigenvalue weighted by Gasteiger charge is 2.24. The molecule has 0 aliphatic carbocycles. The molecule has 0 radical (unpaired) electrons. The number of carbonyl (C=O) groups is 2. The third kappa shape index (κ3) is 3.29. The van der Waals surface area contributed by atoms with Gasteiger partial charge in [-0.3, -0.25) is 9.59 Å². The predicted octanol–water partition coefficient (Wildman–Crippen LogP) is 1.44. The second kappa shape index (κ2) is 5.94. The number of nitrogens with one attached hydrogen (secondary N) is 1. The van der Waals surface area contributed by atoms with E-state index in [-0.39, 0.29) is 23.6 Å². The molecule has 1 aliphatic heterocycles. The zero-order valence-corrected chi connectivity index (χ0v) is 11.8. The Balaban J connectivity index is 1.97. The van der Waals surface area contributed by atoms with Gasteiger partial charge in [0.15, 0.2) is 0 Å². The standard InChI is InChI=1S/C15H20N2O3/c1-10-3-4-12(9-14(10)19)15(20)17-7-5-13(6-8-17)16-11(2)18/h3-4,9,13,19H,5-8H2,1-2H3,(H,16,18). The van der Waals surface area contributed by atoms with Crippen molar-refractivity contribution in [1.82, 2.24) is 10.2 Å². The van der Waals surface area contributed by atoms with Crippen LogP contribution in [0.25, 0.3) is 0 Å². The molecule has 5 nitrogen and oxygen atoms in total. The zero-order chi connectivity index (χ0) is 14.7. The van der Waals surface area contributed by atoms with E-state index in [1.807, 2.05) is 0 Å². The second-order valence-corrected chi connectivity index (χ2v) is 5.27. The lowest BCUT2D eigenvalue weighted by Crippen LogP contribution is -2.46. The number of aryl methyl sites for hydroxylation is 1. The van der Waals surface area contributed by atoms with Gasteiger partial charge in [-0.1, -0.05) is 6.07 Å². The van der Waals surface area contributed by atoms with Crippen LogP contribution < -0.4 is 5.32 Å². The first-order valence-corrected chi connectivity index (χ1v) is 6.83. The third-order valence-electron chi connectivity index (χ3n) is 3.65. The van der Waals surface area contributed by atoms with Gasteiger partial charge < -0.3 is 15.3 Å². The Labute approximate surface area is 118 Å². The van der Waals surface area contributed by atoms with E-state index >= 15 is 0 Å². The lowest BCUT2D eigenvalue weighted by atomic mass is 10.0. The number of carbonyl (C=O) groups excluding carboxylic acids is 2. The first kappa shape index (κ1) is 14.4. The molecule has 1 fully saturated rings. The molecule has 0 aromatic heterocycles.